The Hall–Kier alpha value is -0.0400. The quantitative estimate of drug-likeness (QED) is 0.582. The second-order valence-corrected chi connectivity index (χ2v) is 3.46. The van der Waals surface area contributed by atoms with E-state index in [0.29, 0.717) is 0 Å². The number of rotatable bonds is 3. The summed E-state index contributed by atoms with van der Waals surface area (Å²) < 4.78 is 0. The van der Waals surface area contributed by atoms with Crippen LogP contribution in [0.2, 0.25) is 0 Å². The Morgan fingerprint density at radius 3 is 2.30 bits per heavy atom. The molecule has 1 saturated carbocycles. The monoisotopic (exact) mass is 144 g/mol. The van der Waals surface area contributed by atoms with Crippen LogP contribution in [0.15, 0.2) is 0 Å². The molecule has 0 bridgehead atoms. The van der Waals surface area contributed by atoms with Crippen LogP contribution in [0.5, 0.6) is 0 Å². The Bertz CT molecular complexity index is 80.8. The molecule has 0 aliphatic heterocycles. The molecule has 2 N–H and O–H groups in total. The summed E-state index contributed by atoms with van der Waals surface area (Å²) in [7, 11) is 0. The lowest BCUT2D eigenvalue weighted by atomic mass is 9.72. The SMILES string of the molecule is CCCCC1CCC1C.O. The lowest BCUT2D eigenvalue weighted by Gasteiger charge is -2.33. The van der Waals surface area contributed by atoms with Crippen molar-refractivity contribution in [1.82, 2.24) is 0 Å². The molecular weight excluding hydrogens is 124 g/mol. The fourth-order valence-electron chi connectivity index (χ4n) is 1.63. The van der Waals surface area contributed by atoms with Crippen LogP contribution in [-0.4, -0.2) is 5.48 Å². The molecule has 2 atom stereocenters. The summed E-state index contributed by atoms with van der Waals surface area (Å²) in [5, 5.41) is 0. The van der Waals surface area contributed by atoms with E-state index < -0.39 is 0 Å². The van der Waals surface area contributed by atoms with E-state index in [0.717, 1.165) is 11.8 Å². The topological polar surface area (TPSA) is 31.5 Å². The third-order valence-corrected chi connectivity index (χ3v) is 2.73. The van der Waals surface area contributed by atoms with Crippen molar-refractivity contribution < 1.29 is 5.48 Å². The molecule has 1 fully saturated rings. The van der Waals surface area contributed by atoms with Crippen LogP contribution in [0.4, 0.5) is 0 Å². The van der Waals surface area contributed by atoms with Gasteiger partial charge in [0.25, 0.3) is 0 Å². The minimum atomic E-state index is 0. The first-order valence-electron chi connectivity index (χ1n) is 4.34. The van der Waals surface area contributed by atoms with E-state index in [9.17, 15) is 0 Å². The summed E-state index contributed by atoms with van der Waals surface area (Å²) in [6.45, 7) is 4.67. The highest BCUT2D eigenvalue weighted by atomic mass is 16.0. The van der Waals surface area contributed by atoms with Crippen LogP contribution in [0.3, 0.4) is 0 Å². The lowest BCUT2D eigenvalue weighted by molar-refractivity contribution is 0.180. The summed E-state index contributed by atoms with van der Waals surface area (Å²) in [6.07, 6.45) is 7.34. The normalized spacial score (nSPS) is 30.6. The molecule has 2 unspecified atom stereocenters. The van der Waals surface area contributed by atoms with Gasteiger partial charge in [-0.3, -0.25) is 0 Å². The zero-order chi connectivity index (χ0) is 6.69. The second kappa shape index (κ2) is 4.73. The number of hydrogen-bond donors (Lipinski definition) is 0. The number of hydrogen-bond acceptors (Lipinski definition) is 0. The molecule has 1 nitrogen and oxygen atoms in total. The van der Waals surface area contributed by atoms with Crippen LogP contribution in [-0.2, 0) is 0 Å². The Labute approximate surface area is 64.1 Å². The van der Waals surface area contributed by atoms with Gasteiger partial charge in [0.15, 0.2) is 0 Å². The zero-order valence-corrected chi connectivity index (χ0v) is 7.19. The smallest absolute Gasteiger partial charge is 0.0388 e. The fraction of sp³-hybridized carbons (Fsp3) is 1.00. The Kier molecular flexibility index (Phi) is 4.71. The molecule has 0 heterocycles. The molecule has 1 rings (SSSR count). The molecule has 0 amide bonds. The van der Waals surface area contributed by atoms with Gasteiger partial charge >= 0.3 is 0 Å². The molecule has 10 heavy (non-hydrogen) atoms. The van der Waals surface area contributed by atoms with E-state index in [1.807, 2.05) is 0 Å². The van der Waals surface area contributed by atoms with Crippen LogP contribution in [0.1, 0.15) is 46.0 Å². The van der Waals surface area contributed by atoms with Crippen LogP contribution in [0, 0.1) is 11.8 Å². The van der Waals surface area contributed by atoms with Gasteiger partial charge in [-0.1, -0.05) is 39.5 Å². The van der Waals surface area contributed by atoms with Crippen molar-refractivity contribution in [1.29, 1.82) is 0 Å². The molecule has 62 valence electrons. The highest BCUT2D eigenvalue weighted by molar-refractivity contribution is 4.76. The Balaban J connectivity index is 0.000000810. The third-order valence-electron chi connectivity index (χ3n) is 2.73. The summed E-state index contributed by atoms with van der Waals surface area (Å²) in [5.74, 6) is 2.15. The van der Waals surface area contributed by atoms with Gasteiger partial charge in [-0.15, -0.1) is 0 Å². The average molecular weight is 144 g/mol. The van der Waals surface area contributed by atoms with Crippen molar-refractivity contribution in [2.45, 2.75) is 46.0 Å². The highest BCUT2D eigenvalue weighted by Gasteiger charge is 2.25. The van der Waals surface area contributed by atoms with Crippen LogP contribution in [0.25, 0.3) is 0 Å². The number of unbranched alkanes of at least 4 members (excludes halogenated alkanes) is 1. The second-order valence-electron chi connectivity index (χ2n) is 3.46. The minimum Gasteiger partial charge on any atom is -0.412 e. The lowest BCUT2D eigenvalue weighted by Crippen LogP contribution is -2.22. The summed E-state index contributed by atoms with van der Waals surface area (Å²) >= 11 is 0. The molecule has 0 saturated heterocycles. The Morgan fingerprint density at radius 2 is 2.00 bits per heavy atom. The predicted molar refractivity (Wildman–Crippen MR) is 45.0 cm³/mol. The fourth-order valence-corrected chi connectivity index (χ4v) is 1.63. The minimum absolute atomic E-state index is 0. The van der Waals surface area contributed by atoms with Gasteiger partial charge in [-0.2, -0.15) is 0 Å². The predicted octanol–water partition coefficient (Wildman–Crippen LogP) is 2.40. The van der Waals surface area contributed by atoms with Gasteiger partial charge in [0.05, 0.1) is 0 Å². The molecular formula is C9H20O. The van der Waals surface area contributed by atoms with E-state index in [-0.39, 0.29) is 5.48 Å². The van der Waals surface area contributed by atoms with Gasteiger partial charge in [0, 0.05) is 0 Å². The van der Waals surface area contributed by atoms with Gasteiger partial charge in [-0.25, -0.2) is 0 Å². The largest absolute Gasteiger partial charge is 0.412 e. The van der Waals surface area contributed by atoms with Gasteiger partial charge in [-0.05, 0) is 18.3 Å². The summed E-state index contributed by atoms with van der Waals surface area (Å²) in [5.41, 5.74) is 0. The summed E-state index contributed by atoms with van der Waals surface area (Å²) in [6, 6.07) is 0. The maximum Gasteiger partial charge on any atom is -0.0388 e. The third kappa shape index (κ3) is 2.30. The summed E-state index contributed by atoms with van der Waals surface area (Å²) in [4.78, 5) is 0. The maximum atomic E-state index is 2.39. The molecule has 1 heteroatoms. The van der Waals surface area contributed by atoms with E-state index in [4.69, 9.17) is 0 Å². The van der Waals surface area contributed by atoms with Gasteiger partial charge < -0.3 is 5.48 Å². The van der Waals surface area contributed by atoms with Crippen molar-refractivity contribution in [3.63, 3.8) is 0 Å². The van der Waals surface area contributed by atoms with Gasteiger partial charge in [0.1, 0.15) is 0 Å². The molecule has 0 spiro atoms. The van der Waals surface area contributed by atoms with E-state index in [1.165, 1.54) is 32.1 Å². The van der Waals surface area contributed by atoms with Crippen LogP contribution < -0.4 is 0 Å². The average Bonchev–Trinajstić information content (AvgIpc) is 1.86. The first-order chi connectivity index (χ1) is 4.34. The van der Waals surface area contributed by atoms with Crippen molar-refractivity contribution in [2.75, 3.05) is 0 Å². The standard InChI is InChI=1S/C9H18.H2O/c1-3-4-5-9-7-6-8(9)2;/h8-9H,3-7H2,1-2H3;1H2. The molecule has 0 radical (unpaired) electrons. The van der Waals surface area contributed by atoms with E-state index in [2.05, 4.69) is 13.8 Å². The van der Waals surface area contributed by atoms with Crippen LogP contribution >= 0.6 is 0 Å². The molecule has 0 aromatic carbocycles. The first-order valence-corrected chi connectivity index (χ1v) is 4.34. The Morgan fingerprint density at radius 1 is 1.30 bits per heavy atom. The van der Waals surface area contributed by atoms with Crippen molar-refractivity contribution in [2.24, 2.45) is 11.8 Å². The molecule has 0 aromatic heterocycles. The van der Waals surface area contributed by atoms with Crippen molar-refractivity contribution >= 4 is 0 Å². The van der Waals surface area contributed by atoms with Crippen molar-refractivity contribution in [3.05, 3.63) is 0 Å². The molecule has 0 aromatic rings. The maximum absolute atomic E-state index is 2.39. The highest BCUT2D eigenvalue weighted by Crippen LogP contribution is 2.36. The molecule has 1 aliphatic carbocycles. The van der Waals surface area contributed by atoms with E-state index >= 15 is 0 Å². The first kappa shape index (κ1) is 9.96. The van der Waals surface area contributed by atoms with Crippen molar-refractivity contribution in [3.8, 4) is 0 Å². The van der Waals surface area contributed by atoms with Gasteiger partial charge in [0.2, 0.25) is 0 Å². The molecule has 1 aliphatic rings. The van der Waals surface area contributed by atoms with E-state index in [1.54, 1.807) is 0 Å². The zero-order valence-electron chi connectivity index (χ0n) is 7.19.